The molecule has 4 nitrogen and oxygen atoms in total. The molecular weight excluding hydrogens is 328 g/mol. The van der Waals surface area contributed by atoms with Crippen LogP contribution in [0.4, 0.5) is 5.69 Å². The Labute approximate surface area is 123 Å². The summed E-state index contributed by atoms with van der Waals surface area (Å²) in [5.74, 6) is 1.01. The Bertz CT molecular complexity index is 558. The van der Waals surface area contributed by atoms with Crippen molar-refractivity contribution in [1.82, 2.24) is 5.32 Å². The third-order valence-electron chi connectivity index (χ3n) is 2.37. The van der Waals surface area contributed by atoms with E-state index in [4.69, 9.17) is 10.2 Å². The van der Waals surface area contributed by atoms with Gasteiger partial charge in [-0.2, -0.15) is 0 Å². The molecule has 0 fully saturated rings. The summed E-state index contributed by atoms with van der Waals surface area (Å²) in [6, 6.07) is 9.23. The second kappa shape index (κ2) is 6.68. The Morgan fingerprint density at radius 3 is 2.95 bits per heavy atom. The smallest absolute Gasteiger partial charge is 0.230 e. The molecule has 1 aromatic carbocycles. The third-order valence-corrected chi connectivity index (χ3v) is 3.95. The van der Waals surface area contributed by atoms with Gasteiger partial charge in [0.2, 0.25) is 5.91 Å². The summed E-state index contributed by atoms with van der Waals surface area (Å²) in [6.45, 7) is 0.405. The molecule has 0 aliphatic rings. The summed E-state index contributed by atoms with van der Waals surface area (Å²) in [4.78, 5) is 12.6. The van der Waals surface area contributed by atoms with Gasteiger partial charge in [0, 0.05) is 15.1 Å². The van der Waals surface area contributed by atoms with E-state index in [0.29, 0.717) is 18.0 Å². The number of rotatable bonds is 5. The van der Waals surface area contributed by atoms with Crippen LogP contribution in [0.2, 0.25) is 0 Å². The van der Waals surface area contributed by atoms with Crippen molar-refractivity contribution in [3.63, 3.8) is 0 Å². The van der Waals surface area contributed by atoms with Gasteiger partial charge in [0.05, 0.1) is 18.6 Å². The zero-order valence-electron chi connectivity index (χ0n) is 10.1. The van der Waals surface area contributed by atoms with Gasteiger partial charge in [-0.05, 0) is 30.3 Å². The van der Waals surface area contributed by atoms with Crippen molar-refractivity contribution in [2.24, 2.45) is 0 Å². The number of hydrogen-bond donors (Lipinski definition) is 2. The number of anilines is 1. The Balaban J connectivity index is 1.80. The van der Waals surface area contributed by atoms with Crippen molar-refractivity contribution in [2.75, 3.05) is 11.5 Å². The molecule has 0 saturated heterocycles. The quantitative estimate of drug-likeness (QED) is 0.648. The molecule has 2 rings (SSSR count). The lowest BCUT2D eigenvalue weighted by atomic mass is 10.3. The first-order valence-corrected chi connectivity index (χ1v) is 7.40. The molecule has 0 aliphatic carbocycles. The lowest BCUT2D eigenvalue weighted by Gasteiger charge is -2.06. The maximum absolute atomic E-state index is 11.7. The number of hydrogen-bond acceptors (Lipinski definition) is 4. The van der Waals surface area contributed by atoms with Crippen LogP contribution in [-0.4, -0.2) is 11.7 Å². The van der Waals surface area contributed by atoms with E-state index in [1.807, 2.05) is 24.3 Å². The van der Waals surface area contributed by atoms with Gasteiger partial charge in [-0.3, -0.25) is 4.79 Å². The summed E-state index contributed by atoms with van der Waals surface area (Å²) >= 11 is 4.76. The summed E-state index contributed by atoms with van der Waals surface area (Å²) < 4.78 is 6.06. The monoisotopic (exact) mass is 340 g/mol. The molecule has 3 N–H and O–H groups in total. The molecule has 1 aromatic heterocycles. The Kier molecular flexibility index (Phi) is 4.93. The van der Waals surface area contributed by atoms with Crippen LogP contribution in [0.25, 0.3) is 0 Å². The minimum absolute atomic E-state index is 0.0521. The highest BCUT2D eigenvalue weighted by Crippen LogP contribution is 2.27. The van der Waals surface area contributed by atoms with Gasteiger partial charge in [-0.15, -0.1) is 11.8 Å². The minimum atomic E-state index is -0.0521. The average molecular weight is 341 g/mol. The predicted octanol–water partition coefficient (Wildman–Crippen LogP) is 3.03. The molecule has 0 aliphatic heterocycles. The summed E-state index contributed by atoms with van der Waals surface area (Å²) in [6.07, 6.45) is 1.58. The SMILES string of the molecule is Nc1cc(Br)ccc1SCC(=O)NCc1ccco1. The molecule has 0 atom stereocenters. The fourth-order valence-electron chi connectivity index (χ4n) is 1.44. The minimum Gasteiger partial charge on any atom is -0.467 e. The molecule has 1 amide bonds. The van der Waals surface area contributed by atoms with Crippen molar-refractivity contribution < 1.29 is 9.21 Å². The van der Waals surface area contributed by atoms with Crippen LogP contribution < -0.4 is 11.1 Å². The Morgan fingerprint density at radius 2 is 2.26 bits per heavy atom. The number of benzene rings is 1. The summed E-state index contributed by atoms with van der Waals surface area (Å²) in [7, 11) is 0. The van der Waals surface area contributed by atoms with Crippen LogP contribution in [0.1, 0.15) is 5.76 Å². The van der Waals surface area contributed by atoms with E-state index in [9.17, 15) is 4.79 Å². The topological polar surface area (TPSA) is 68.3 Å². The Morgan fingerprint density at radius 1 is 1.42 bits per heavy atom. The fraction of sp³-hybridized carbons (Fsp3) is 0.154. The van der Waals surface area contributed by atoms with Crippen molar-refractivity contribution in [3.8, 4) is 0 Å². The standard InChI is InChI=1S/C13H13BrN2O2S/c14-9-3-4-12(11(15)6-9)19-8-13(17)16-7-10-2-1-5-18-10/h1-6H,7-8,15H2,(H,16,17). The molecule has 0 unspecified atom stereocenters. The molecular formula is C13H13BrN2O2S. The first kappa shape index (κ1) is 14.0. The summed E-state index contributed by atoms with van der Waals surface area (Å²) in [5.41, 5.74) is 6.53. The molecule has 0 spiro atoms. The normalized spacial score (nSPS) is 10.4. The Hall–Kier alpha value is -1.40. The second-order valence-electron chi connectivity index (χ2n) is 3.83. The van der Waals surface area contributed by atoms with Crippen LogP contribution >= 0.6 is 27.7 Å². The number of nitrogens with two attached hydrogens (primary N) is 1. The zero-order chi connectivity index (χ0) is 13.7. The van der Waals surface area contributed by atoms with Crippen LogP contribution in [0.3, 0.4) is 0 Å². The van der Waals surface area contributed by atoms with Crippen molar-refractivity contribution in [1.29, 1.82) is 0 Å². The van der Waals surface area contributed by atoms with E-state index in [1.54, 1.807) is 12.3 Å². The highest BCUT2D eigenvalue weighted by molar-refractivity contribution is 9.10. The molecule has 2 aromatic rings. The van der Waals surface area contributed by atoms with Crippen LogP contribution in [-0.2, 0) is 11.3 Å². The van der Waals surface area contributed by atoms with Gasteiger partial charge in [0.25, 0.3) is 0 Å². The van der Waals surface area contributed by atoms with Gasteiger partial charge >= 0.3 is 0 Å². The number of carbonyl (C=O) groups excluding carboxylic acids is 1. The van der Waals surface area contributed by atoms with Gasteiger partial charge in [-0.25, -0.2) is 0 Å². The second-order valence-corrected chi connectivity index (χ2v) is 5.76. The van der Waals surface area contributed by atoms with Gasteiger partial charge in [0.1, 0.15) is 5.76 Å². The van der Waals surface area contributed by atoms with E-state index in [1.165, 1.54) is 11.8 Å². The van der Waals surface area contributed by atoms with Crippen LogP contribution in [0.15, 0.2) is 50.4 Å². The van der Waals surface area contributed by atoms with Gasteiger partial charge < -0.3 is 15.5 Å². The van der Waals surface area contributed by atoms with Crippen molar-refractivity contribution >= 4 is 39.3 Å². The van der Waals surface area contributed by atoms with Crippen LogP contribution in [0, 0.1) is 0 Å². The summed E-state index contributed by atoms with van der Waals surface area (Å²) in [5, 5.41) is 2.78. The van der Waals surface area contributed by atoms with E-state index >= 15 is 0 Å². The highest BCUT2D eigenvalue weighted by Gasteiger charge is 2.06. The number of nitrogen functional groups attached to an aromatic ring is 1. The molecule has 0 radical (unpaired) electrons. The zero-order valence-corrected chi connectivity index (χ0v) is 12.5. The first-order valence-electron chi connectivity index (χ1n) is 5.62. The van der Waals surface area contributed by atoms with Crippen LogP contribution in [0.5, 0.6) is 0 Å². The molecule has 6 heteroatoms. The number of furan rings is 1. The fourth-order valence-corrected chi connectivity index (χ4v) is 2.60. The number of amides is 1. The first-order chi connectivity index (χ1) is 9.15. The third kappa shape index (κ3) is 4.33. The molecule has 100 valence electrons. The van der Waals surface area contributed by atoms with E-state index < -0.39 is 0 Å². The van der Waals surface area contributed by atoms with Crippen molar-refractivity contribution in [2.45, 2.75) is 11.4 Å². The largest absolute Gasteiger partial charge is 0.467 e. The van der Waals surface area contributed by atoms with Gasteiger partial charge in [0.15, 0.2) is 0 Å². The molecule has 19 heavy (non-hydrogen) atoms. The highest BCUT2D eigenvalue weighted by atomic mass is 79.9. The lowest BCUT2D eigenvalue weighted by molar-refractivity contribution is -0.118. The lowest BCUT2D eigenvalue weighted by Crippen LogP contribution is -2.24. The maximum atomic E-state index is 11.7. The number of nitrogens with one attached hydrogen (secondary N) is 1. The van der Waals surface area contributed by atoms with E-state index in [-0.39, 0.29) is 5.91 Å². The average Bonchev–Trinajstić information content (AvgIpc) is 2.88. The number of thioether (sulfide) groups is 1. The number of carbonyl (C=O) groups is 1. The van der Waals surface area contributed by atoms with Gasteiger partial charge in [-0.1, -0.05) is 15.9 Å². The molecule has 1 heterocycles. The molecule has 0 saturated carbocycles. The maximum Gasteiger partial charge on any atom is 0.230 e. The van der Waals surface area contributed by atoms with E-state index in [0.717, 1.165) is 15.1 Å². The predicted molar refractivity (Wildman–Crippen MR) is 79.8 cm³/mol. The number of halogens is 1. The van der Waals surface area contributed by atoms with Crippen molar-refractivity contribution in [3.05, 3.63) is 46.8 Å². The molecule has 0 bridgehead atoms. The van der Waals surface area contributed by atoms with E-state index in [2.05, 4.69) is 21.2 Å².